The Morgan fingerprint density at radius 1 is 1.53 bits per heavy atom. The topological polar surface area (TPSA) is 58.9 Å². The van der Waals surface area contributed by atoms with Gasteiger partial charge in [-0.15, -0.1) is 0 Å². The van der Waals surface area contributed by atoms with Gasteiger partial charge in [-0.25, -0.2) is 9.18 Å². The van der Waals surface area contributed by atoms with E-state index in [0.29, 0.717) is 18.4 Å². The van der Waals surface area contributed by atoms with Crippen molar-refractivity contribution >= 4 is 6.08 Å². The van der Waals surface area contributed by atoms with E-state index in [-0.39, 0.29) is 11.5 Å². The van der Waals surface area contributed by atoms with Crippen LogP contribution in [0, 0.1) is 5.82 Å². The van der Waals surface area contributed by atoms with Crippen molar-refractivity contribution in [2.75, 3.05) is 7.11 Å². The molecule has 90 valence electrons. The molecule has 1 aliphatic rings. The van der Waals surface area contributed by atoms with Gasteiger partial charge in [-0.3, -0.25) is 0 Å². The fourth-order valence-electron chi connectivity index (χ4n) is 2.21. The summed E-state index contributed by atoms with van der Waals surface area (Å²) in [6.45, 7) is 0. The van der Waals surface area contributed by atoms with Gasteiger partial charge in [-0.05, 0) is 19.3 Å². The Morgan fingerprint density at radius 2 is 2.24 bits per heavy atom. The summed E-state index contributed by atoms with van der Waals surface area (Å²) in [5.74, 6) is -0.616. The number of nitrogens with zero attached hydrogens (tertiary/aromatic N) is 1. The van der Waals surface area contributed by atoms with Gasteiger partial charge in [0.25, 0.3) is 0 Å². The second-order valence-electron chi connectivity index (χ2n) is 4.09. The number of rotatable bonds is 3. The lowest BCUT2D eigenvalue weighted by Gasteiger charge is -2.38. The Labute approximate surface area is 97.7 Å². The molecule has 4 nitrogen and oxygen atoms in total. The quantitative estimate of drug-likeness (QED) is 0.648. The third-order valence-electron chi connectivity index (χ3n) is 3.17. The van der Waals surface area contributed by atoms with Gasteiger partial charge in [0.05, 0.1) is 12.7 Å². The number of phenolic OH excluding ortho intramolecular Hbond substituents is 1. The van der Waals surface area contributed by atoms with E-state index in [1.807, 2.05) is 0 Å². The summed E-state index contributed by atoms with van der Waals surface area (Å²) in [5, 5.41) is 9.82. The van der Waals surface area contributed by atoms with Gasteiger partial charge in [-0.1, -0.05) is 0 Å². The number of carbonyl (C=O) groups excluding carboxylic acids is 1. The number of phenols is 1. The first kappa shape index (κ1) is 11.6. The van der Waals surface area contributed by atoms with Crippen LogP contribution in [0.4, 0.5) is 4.39 Å². The van der Waals surface area contributed by atoms with E-state index in [4.69, 9.17) is 4.74 Å². The second kappa shape index (κ2) is 4.18. The molecule has 0 bridgehead atoms. The lowest BCUT2D eigenvalue weighted by atomic mass is 9.71. The minimum Gasteiger partial charge on any atom is -0.507 e. The smallest absolute Gasteiger partial charge is 0.235 e. The molecule has 0 spiro atoms. The van der Waals surface area contributed by atoms with Crippen LogP contribution in [0.1, 0.15) is 24.8 Å². The summed E-state index contributed by atoms with van der Waals surface area (Å²) in [6.07, 6.45) is 3.66. The highest BCUT2D eigenvalue weighted by Crippen LogP contribution is 2.51. The van der Waals surface area contributed by atoms with E-state index < -0.39 is 11.4 Å². The average Bonchev–Trinajstić information content (AvgIpc) is 2.23. The van der Waals surface area contributed by atoms with Crippen LogP contribution >= 0.6 is 0 Å². The molecule has 2 rings (SSSR count). The van der Waals surface area contributed by atoms with Crippen molar-refractivity contribution in [3.05, 3.63) is 23.5 Å². The Bertz CT molecular complexity index is 491. The van der Waals surface area contributed by atoms with Crippen LogP contribution in [-0.4, -0.2) is 18.3 Å². The second-order valence-corrected chi connectivity index (χ2v) is 4.09. The third-order valence-corrected chi connectivity index (χ3v) is 3.17. The van der Waals surface area contributed by atoms with Gasteiger partial charge >= 0.3 is 0 Å². The number of hydrogen-bond acceptors (Lipinski definition) is 4. The number of isocyanates is 1. The predicted molar refractivity (Wildman–Crippen MR) is 58.3 cm³/mol. The summed E-state index contributed by atoms with van der Waals surface area (Å²) in [7, 11) is 1.38. The molecule has 0 aliphatic heterocycles. The molecule has 1 aromatic carbocycles. The van der Waals surface area contributed by atoms with Gasteiger partial charge in [0.2, 0.25) is 6.08 Å². The van der Waals surface area contributed by atoms with E-state index >= 15 is 0 Å². The van der Waals surface area contributed by atoms with Gasteiger partial charge in [0.15, 0.2) is 0 Å². The van der Waals surface area contributed by atoms with Crippen LogP contribution in [-0.2, 0) is 10.3 Å². The van der Waals surface area contributed by atoms with Crippen molar-refractivity contribution in [1.29, 1.82) is 0 Å². The first-order chi connectivity index (χ1) is 8.13. The minimum atomic E-state index is -0.801. The van der Waals surface area contributed by atoms with E-state index in [9.17, 15) is 14.3 Å². The molecule has 1 N–H and O–H groups in total. The molecular formula is C12H12FNO3. The van der Waals surface area contributed by atoms with Crippen molar-refractivity contribution in [3.8, 4) is 11.5 Å². The fourth-order valence-corrected chi connectivity index (χ4v) is 2.21. The standard InChI is InChI=1S/C12H12FNO3/c1-17-10-6-8(13)5-9(16)11(10)12(14-7-15)3-2-4-12/h5-6,16H,2-4H2,1H3. The molecule has 0 aromatic heterocycles. The monoisotopic (exact) mass is 237 g/mol. The van der Waals surface area contributed by atoms with Crippen LogP contribution in [0.5, 0.6) is 11.5 Å². The SMILES string of the molecule is COc1cc(F)cc(O)c1C1(N=C=O)CCC1. The van der Waals surface area contributed by atoms with E-state index in [1.54, 1.807) is 0 Å². The van der Waals surface area contributed by atoms with E-state index in [2.05, 4.69) is 4.99 Å². The highest BCUT2D eigenvalue weighted by molar-refractivity contribution is 5.52. The fraction of sp³-hybridized carbons (Fsp3) is 0.417. The maximum atomic E-state index is 13.1. The number of hydrogen-bond donors (Lipinski definition) is 1. The molecular weight excluding hydrogens is 225 g/mol. The number of aliphatic imine (C=N–C) groups is 1. The van der Waals surface area contributed by atoms with E-state index in [0.717, 1.165) is 12.5 Å². The maximum Gasteiger partial charge on any atom is 0.235 e. The molecule has 0 heterocycles. The summed E-state index contributed by atoms with van der Waals surface area (Å²) >= 11 is 0. The zero-order valence-electron chi connectivity index (χ0n) is 9.36. The Balaban J connectivity index is 2.61. The zero-order chi connectivity index (χ0) is 12.5. The molecule has 0 amide bonds. The Morgan fingerprint density at radius 3 is 2.71 bits per heavy atom. The largest absolute Gasteiger partial charge is 0.507 e. The van der Waals surface area contributed by atoms with Crippen LogP contribution in [0.15, 0.2) is 17.1 Å². The van der Waals surface area contributed by atoms with Crippen molar-refractivity contribution in [1.82, 2.24) is 0 Å². The first-order valence-electron chi connectivity index (χ1n) is 5.29. The lowest BCUT2D eigenvalue weighted by molar-refractivity contribution is 0.237. The van der Waals surface area contributed by atoms with Crippen molar-refractivity contribution in [2.24, 2.45) is 4.99 Å². The molecule has 0 atom stereocenters. The maximum absolute atomic E-state index is 13.1. The first-order valence-corrected chi connectivity index (χ1v) is 5.29. The van der Waals surface area contributed by atoms with Gasteiger partial charge in [-0.2, -0.15) is 4.99 Å². The number of ether oxygens (including phenoxy) is 1. The molecule has 17 heavy (non-hydrogen) atoms. The van der Waals surface area contributed by atoms with E-state index in [1.165, 1.54) is 19.3 Å². The van der Waals surface area contributed by atoms with Gasteiger partial charge in [0.1, 0.15) is 22.9 Å². The summed E-state index contributed by atoms with van der Waals surface area (Å²) in [4.78, 5) is 14.2. The minimum absolute atomic E-state index is 0.209. The Hall–Kier alpha value is -1.87. The number of halogens is 1. The number of aromatic hydroxyl groups is 1. The highest BCUT2D eigenvalue weighted by atomic mass is 19.1. The molecule has 0 saturated heterocycles. The molecule has 1 saturated carbocycles. The zero-order valence-corrected chi connectivity index (χ0v) is 9.36. The van der Waals surface area contributed by atoms with Crippen LogP contribution in [0.2, 0.25) is 0 Å². The Kier molecular flexibility index (Phi) is 2.86. The molecule has 0 unspecified atom stereocenters. The van der Waals surface area contributed by atoms with Crippen LogP contribution in [0.25, 0.3) is 0 Å². The molecule has 1 aliphatic carbocycles. The highest BCUT2D eigenvalue weighted by Gasteiger charge is 2.43. The number of methoxy groups -OCH3 is 1. The third kappa shape index (κ3) is 1.78. The average molecular weight is 237 g/mol. The molecule has 1 aromatic rings. The molecule has 0 radical (unpaired) electrons. The van der Waals surface area contributed by atoms with Crippen LogP contribution < -0.4 is 4.74 Å². The molecule has 5 heteroatoms. The summed E-state index contributed by atoms with van der Waals surface area (Å²) in [5.41, 5.74) is -0.429. The summed E-state index contributed by atoms with van der Waals surface area (Å²) in [6, 6.07) is 2.17. The van der Waals surface area contributed by atoms with Crippen molar-refractivity contribution in [3.63, 3.8) is 0 Å². The predicted octanol–water partition coefficient (Wildman–Crippen LogP) is 2.25. The summed E-state index contributed by atoms with van der Waals surface area (Å²) < 4.78 is 18.2. The van der Waals surface area contributed by atoms with Gasteiger partial charge < -0.3 is 9.84 Å². The van der Waals surface area contributed by atoms with Crippen molar-refractivity contribution in [2.45, 2.75) is 24.8 Å². The van der Waals surface area contributed by atoms with Crippen molar-refractivity contribution < 1.29 is 19.0 Å². The lowest BCUT2D eigenvalue weighted by Crippen LogP contribution is -2.32. The normalized spacial score (nSPS) is 16.8. The number of benzene rings is 1. The van der Waals surface area contributed by atoms with Gasteiger partial charge in [0, 0.05) is 12.1 Å². The van der Waals surface area contributed by atoms with Crippen LogP contribution in [0.3, 0.4) is 0 Å². The molecule has 1 fully saturated rings.